The number of rotatable bonds is 2. The van der Waals surface area contributed by atoms with Crippen molar-refractivity contribution in [3.8, 4) is 0 Å². The fourth-order valence-corrected chi connectivity index (χ4v) is 3.87. The molecule has 90 valence electrons. The highest BCUT2D eigenvalue weighted by molar-refractivity contribution is 9.11. The molecule has 1 aliphatic heterocycles. The number of hydrogen-bond acceptors (Lipinski definition) is 2. The summed E-state index contributed by atoms with van der Waals surface area (Å²) in [5, 5.41) is 0. The van der Waals surface area contributed by atoms with Crippen molar-refractivity contribution in [1.29, 1.82) is 0 Å². The minimum Gasteiger partial charge on any atom is -0.298 e. The summed E-state index contributed by atoms with van der Waals surface area (Å²) >= 11 is 5.38. The molecular weight excluding hydrogens is 282 g/mol. The van der Waals surface area contributed by atoms with Gasteiger partial charge in [-0.15, -0.1) is 11.3 Å². The third-order valence-corrected chi connectivity index (χ3v) is 5.11. The molecule has 0 spiro atoms. The molecule has 2 heterocycles. The van der Waals surface area contributed by atoms with Gasteiger partial charge < -0.3 is 0 Å². The Balaban J connectivity index is 1.90. The third kappa shape index (κ3) is 3.08. The molecule has 0 N–H and O–H groups in total. The molecule has 16 heavy (non-hydrogen) atoms. The highest BCUT2D eigenvalue weighted by Crippen LogP contribution is 2.34. The second kappa shape index (κ2) is 4.79. The molecule has 0 aromatic carbocycles. The van der Waals surface area contributed by atoms with Crippen LogP contribution in [0.4, 0.5) is 0 Å². The van der Waals surface area contributed by atoms with E-state index in [1.165, 1.54) is 28.2 Å². The Kier molecular flexibility index (Phi) is 3.77. The zero-order chi connectivity index (χ0) is 11.8. The van der Waals surface area contributed by atoms with E-state index in [-0.39, 0.29) is 0 Å². The molecule has 3 heteroatoms. The maximum atomic E-state index is 3.53. The number of nitrogens with zero attached hydrogens (tertiary/aromatic N) is 1. The van der Waals surface area contributed by atoms with Crippen molar-refractivity contribution in [3.05, 3.63) is 20.8 Å². The molecule has 0 radical (unpaired) electrons. The van der Waals surface area contributed by atoms with Crippen molar-refractivity contribution < 1.29 is 0 Å². The van der Waals surface area contributed by atoms with Crippen LogP contribution in [0.15, 0.2) is 15.9 Å². The molecule has 0 amide bonds. The molecule has 0 bridgehead atoms. The SMILES string of the molecule is CC(C)(C)C1CCN(Cc2ccc(Br)s2)C1. The summed E-state index contributed by atoms with van der Waals surface area (Å²) in [6, 6.07) is 4.39. The standard InChI is InChI=1S/C13H20BrNS/c1-13(2,3)10-6-7-15(8-10)9-11-4-5-12(14)16-11/h4-5,10H,6-9H2,1-3H3. The van der Waals surface area contributed by atoms with Gasteiger partial charge in [-0.05, 0) is 52.4 Å². The summed E-state index contributed by atoms with van der Waals surface area (Å²) in [6.45, 7) is 10.7. The van der Waals surface area contributed by atoms with Crippen LogP contribution >= 0.6 is 27.3 Å². The molecule has 1 saturated heterocycles. The summed E-state index contributed by atoms with van der Waals surface area (Å²) in [5.74, 6) is 0.857. The smallest absolute Gasteiger partial charge is 0.0701 e. The van der Waals surface area contributed by atoms with Crippen molar-refractivity contribution in [3.63, 3.8) is 0 Å². The Bertz CT molecular complexity index is 353. The van der Waals surface area contributed by atoms with Crippen molar-refractivity contribution >= 4 is 27.3 Å². The highest BCUT2D eigenvalue weighted by atomic mass is 79.9. The van der Waals surface area contributed by atoms with Crippen molar-refractivity contribution in [2.24, 2.45) is 11.3 Å². The number of halogens is 1. The summed E-state index contributed by atoms with van der Waals surface area (Å²) in [4.78, 5) is 4.07. The summed E-state index contributed by atoms with van der Waals surface area (Å²) < 4.78 is 1.24. The van der Waals surface area contributed by atoms with Crippen molar-refractivity contribution in [2.45, 2.75) is 33.7 Å². The Labute approximate surface area is 111 Å². The van der Waals surface area contributed by atoms with Crippen LogP contribution in [-0.4, -0.2) is 18.0 Å². The van der Waals surface area contributed by atoms with E-state index in [1.807, 2.05) is 11.3 Å². The average Bonchev–Trinajstić information content (AvgIpc) is 2.74. The minimum absolute atomic E-state index is 0.463. The van der Waals surface area contributed by atoms with Crippen LogP contribution in [0.1, 0.15) is 32.1 Å². The monoisotopic (exact) mass is 301 g/mol. The van der Waals surface area contributed by atoms with Gasteiger partial charge >= 0.3 is 0 Å². The largest absolute Gasteiger partial charge is 0.298 e. The van der Waals surface area contributed by atoms with Gasteiger partial charge in [-0.2, -0.15) is 0 Å². The molecule has 1 atom stereocenters. The summed E-state index contributed by atoms with van der Waals surface area (Å²) in [7, 11) is 0. The van der Waals surface area contributed by atoms with Crippen LogP contribution in [0.3, 0.4) is 0 Å². The molecule has 1 aromatic heterocycles. The second-order valence-electron chi connectivity index (χ2n) is 5.79. The summed E-state index contributed by atoms with van der Waals surface area (Å²) in [5.41, 5.74) is 0.463. The van der Waals surface area contributed by atoms with E-state index >= 15 is 0 Å². The van der Waals surface area contributed by atoms with Gasteiger partial charge in [0.1, 0.15) is 0 Å². The first-order valence-corrected chi connectivity index (χ1v) is 7.52. The van der Waals surface area contributed by atoms with E-state index in [4.69, 9.17) is 0 Å². The van der Waals surface area contributed by atoms with Crippen LogP contribution in [0.25, 0.3) is 0 Å². The summed E-state index contributed by atoms with van der Waals surface area (Å²) in [6.07, 6.45) is 1.36. The number of thiophene rings is 1. The first kappa shape index (κ1) is 12.6. The van der Waals surface area contributed by atoms with Gasteiger partial charge in [0.2, 0.25) is 0 Å². The van der Waals surface area contributed by atoms with E-state index < -0.39 is 0 Å². The van der Waals surface area contributed by atoms with Gasteiger partial charge in [-0.1, -0.05) is 20.8 Å². The van der Waals surface area contributed by atoms with E-state index in [1.54, 1.807) is 0 Å². The first-order valence-electron chi connectivity index (χ1n) is 5.92. The van der Waals surface area contributed by atoms with Gasteiger partial charge in [-0.25, -0.2) is 0 Å². The van der Waals surface area contributed by atoms with E-state index in [9.17, 15) is 0 Å². The van der Waals surface area contributed by atoms with E-state index in [2.05, 4.69) is 53.7 Å². The van der Waals surface area contributed by atoms with Crippen LogP contribution < -0.4 is 0 Å². The predicted octanol–water partition coefficient (Wildman–Crippen LogP) is 4.38. The highest BCUT2D eigenvalue weighted by Gasteiger charge is 2.31. The van der Waals surface area contributed by atoms with Gasteiger partial charge in [0.05, 0.1) is 3.79 Å². The molecule has 1 fully saturated rings. The lowest BCUT2D eigenvalue weighted by molar-refractivity contribution is 0.227. The van der Waals surface area contributed by atoms with E-state index in [0.717, 1.165) is 12.5 Å². The van der Waals surface area contributed by atoms with Gasteiger partial charge in [0.15, 0.2) is 0 Å². The maximum absolute atomic E-state index is 3.53. The van der Waals surface area contributed by atoms with Gasteiger partial charge in [0, 0.05) is 18.0 Å². The average molecular weight is 302 g/mol. The topological polar surface area (TPSA) is 3.24 Å². The van der Waals surface area contributed by atoms with E-state index in [0.29, 0.717) is 5.41 Å². The molecule has 1 aromatic rings. The lowest BCUT2D eigenvalue weighted by atomic mass is 9.80. The van der Waals surface area contributed by atoms with Crippen LogP contribution in [-0.2, 0) is 6.54 Å². The Morgan fingerprint density at radius 2 is 2.19 bits per heavy atom. The van der Waals surface area contributed by atoms with Crippen molar-refractivity contribution in [2.75, 3.05) is 13.1 Å². The van der Waals surface area contributed by atoms with Gasteiger partial charge in [-0.3, -0.25) is 4.90 Å². The molecule has 0 saturated carbocycles. The lowest BCUT2D eigenvalue weighted by Gasteiger charge is -2.27. The molecule has 1 aliphatic rings. The Morgan fingerprint density at radius 3 is 2.69 bits per heavy atom. The van der Waals surface area contributed by atoms with Gasteiger partial charge in [0.25, 0.3) is 0 Å². The maximum Gasteiger partial charge on any atom is 0.0701 e. The quantitative estimate of drug-likeness (QED) is 0.783. The van der Waals surface area contributed by atoms with Crippen LogP contribution in [0, 0.1) is 11.3 Å². The zero-order valence-electron chi connectivity index (χ0n) is 10.3. The zero-order valence-corrected chi connectivity index (χ0v) is 12.7. The van der Waals surface area contributed by atoms with Crippen LogP contribution in [0.5, 0.6) is 0 Å². The number of hydrogen-bond donors (Lipinski definition) is 0. The Hall–Kier alpha value is 0.140. The first-order chi connectivity index (χ1) is 7.45. The van der Waals surface area contributed by atoms with Crippen molar-refractivity contribution in [1.82, 2.24) is 4.90 Å². The lowest BCUT2D eigenvalue weighted by Crippen LogP contribution is -2.25. The second-order valence-corrected chi connectivity index (χ2v) is 8.34. The minimum atomic E-state index is 0.463. The molecule has 2 rings (SSSR count). The molecular formula is C13H20BrNS. The predicted molar refractivity (Wildman–Crippen MR) is 74.9 cm³/mol. The molecule has 1 unspecified atom stereocenters. The fraction of sp³-hybridized carbons (Fsp3) is 0.692. The fourth-order valence-electron chi connectivity index (χ4n) is 2.34. The third-order valence-electron chi connectivity index (χ3n) is 3.51. The normalized spacial score (nSPS) is 22.9. The molecule has 0 aliphatic carbocycles. The number of likely N-dealkylation sites (tertiary alicyclic amines) is 1. The molecule has 1 nitrogen and oxygen atoms in total. The van der Waals surface area contributed by atoms with Crippen LogP contribution in [0.2, 0.25) is 0 Å². The Morgan fingerprint density at radius 1 is 1.44 bits per heavy atom.